The molecule has 0 amide bonds. The molecule has 0 radical (unpaired) electrons. The molecule has 0 aromatic rings. The predicted octanol–water partition coefficient (Wildman–Crippen LogP) is -8.53. The minimum absolute atomic E-state index is 0. The first-order valence-corrected chi connectivity index (χ1v) is 2.19. The zero-order chi connectivity index (χ0) is 4.50. The van der Waals surface area contributed by atoms with Crippen LogP contribution in [-0.4, -0.2) is 79.0 Å². The van der Waals surface area contributed by atoms with E-state index in [1.807, 2.05) is 0 Å². The number of hydrogen-bond acceptors (Lipinski definition) is 4. The molecule has 0 saturated heterocycles. The van der Waals surface area contributed by atoms with Crippen molar-refractivity contribution in [1.82, 2.24) is 0 Å². The Hall–Kier alpha value is 1.40. The van der Waals surface area contributed by atoms with Gasteiger partial charge in [-0.15, -0.1) is 0 Å². The summed E-state index contributed by atoms with van der Waals surface area (Å²) >= 11 is 0. The van der Waals surface area contributed by atoms with Crippen LogP contribution in [0.25, 0.3) is 0 Å². The molecule has 0 saturated carbocycles. The molecule has 13 heavy (non-hydrogen) atoms. The van der Waals surface area contributed by atoms with Crippen LogP contribution in [0.2, 0.25) is 0 Å². The molecule has 0 bridgehead atoms. The zero-order valence-corrected chi connectivity index (χ0v) is 10.2. The van der Waals surface area contributed by atoms with Gasteiger partial charge in [0.2, 0.25) is 0 Å². The van der Waals surface area contributed by atoms with E-state index in [0.29, 0.717) is 0 Å². The Morgan fingerprint density at radius 3 is 0.615 bits per heavy atom. The van der Waals surface area contributed by atoms with Crippen LogP contribution < -0.4 is 14.7 Å². The number of phosphoric acid groups is 1. The monoisotopic (exact) mass is 251 g/mol. The molecule has 0 heterocycles. The third kappa shape index (κ3) is 886. The van der Waals surface area contributed by atoms with Crippen LogP contribution in [0, 0.1) is 0 Å². The van der Waals surface area contributed by atoms with Crippen molar-refractivity contribution >= 4 is 53.9 Å². The van der Waals surface area contributed by atoms with Crippen molar-refractivity contribution in [3.8, 4) is 0 Å². The maximum atomic E-state index is 8.55. The Kier molecular flexibility index (Phi) is 257. The summed E-state index contributed by atoms with van der Waals surface area (Å²) in [5.74, 6) is 0. The molecule has 0 spiro atoms. The molecule has 10 nitrogen and oxygen atoms in total. The van der Waals surface area contributed by atoms with Gasteiger partial charge in [-0.05, 0) is 0 Å². The van der Waals surface area contributed by atoms with Crippen LogP contribution in [0.1, 0.15) is 0 Å². The van der Waals surface area contributed by atoms with E-state index in [1.165, 1.54) is 0 Å². The molecule has 0 rings (SSSR count). The van der Waals surface area contributed by atoms with Crippen molar-refractivity contribution in [2.45, 2.75) is 0 Å². The van der Waals surface area contributed by atoms with E-state index in [-0.39, 0.29) is 79.0 Å². The third-order valence-electron chi connectivity index (χ3n) is 0. The second-order valence-corrected chi connectivity index (χ2v) is 1.34. The van der Waals surface area contributed by atoms with Gasteiger partial charge in [-0.25, -0.2) is 0 Å². The topological polar surface area (TPSA) is 275 Å². The van der Waals surface area contributed by atoms with Gasteiger partial charge in [0.1, 0.15) is 0 Å². The molecule has 13 heteroatoms. The zero-order valence-electron chi connectivity index (χ0n) is 6.49. The molecule has 80 valence electrons. The maximum Gasteiger partial charge on any atom is 2.00 e. The smallest absolute Gasteiger partial charge is 0.822 e. The van der Waals surface area contributed by atoms with Gasteiger partial charge >= 0.3 is 46.1 Å². The van der Waals surface area contributed by atoms with E-state index in [9.17, 15) is 0 Å². The summed E-state index contributed by atoms with van der Waals surface area (Å²) in [6, 6.07) is 0. The fourth-order valence-electron chi connectivity index (χ4n) is 0. The van der Waals surface area contributed by atoms with Gasteiger partial charge < -0.3 is 52.1 Å². The fourth-order valence-corrected chi connectivity index (χ4v) is 0. The van der Waals surface area contributed by atoms with Gasteiger partial charge in [0, 0.05) is 0 Å². The quantitative estimate of drug-likeness (QED) is 0.299. The SMILES string of the molecule is O.O.O.O.O.O.O=P([O-])([O-])[O-].[Mg+2].[Mg+2]. The second kappa shape index (κ2) is 37.6. The normalized spacial score (nSPS) is 4.54. The maximum absolute atomic E-state index is 8.55. The van der Waals surface area contributed by atoms with Crippen molar-refractivity contribution in [3.63, 3.8) is 0 Å². The molecular formula is H12Mg2O10P+. The summed E-state index contributed by atoms with van der Waals surface area (Å²) in [6.07, 6.45) is 0. The first-order chi connectivity index (χ1) is 2.00. The first kappa shape index (κ1) is 88.6. The predicted molar refractivity (Wildman–Crippen MR) is 40.8 cm³/mol. The van der Waals surface area contributed by atoms with E-state index in [0.717, 1.165) is 0 Å². The van der Waals surface area contributed by atoms with Gasteiger partial charge in [0.15, 0.2) is 0 Å². The Morgan fingerprint density at radius 1 is 0.615 bits per heavy atom. The largest absolute Gasteiger partial charge is 2.00 e. The van der Waals surface area contributed by atoms with Gasteiger partial charge in [0.25, 0.3) is 0 Å². The average Bonchev–Trinajstić information content (AvgIpc) is 0.722. The van der Waals surface area contributed by atoms with E-state index < -0.39 is 7.82 Å². The fraction of sp³-hybridized carbons (Fsp3) is 0. The van der Waals surface area contributed by atoms with Crippen molar-refractivity contribution in [2.75, 3.05) is 0 Å². The van der Waals surface area contributed by atoms with Crippen LogP contribution in [0.3, 0.4) is 0 Å². The molecule has 0 aliphatic heterocycles. The average molecular weight is 252 g/mol. The van der Waals surface area contributed by atoms with Gasteiger partial charge in [-0.2, -0.15) is 7.82 Å². The molecule has 0 unspecified atom stereocenters. The van der Waals surface area contributed by atoms with E-state index in [1.54, 1.807) is 0 Å². The Labute approximate surface area is 106 Å². The standard InChI is InChI=1S/2Mg.H3O4P.6H2O/c;;1-5(2,3)4;;;;;;/h;;(H3,1,2,3,4);6*1H2/q2*+2;;;;;;;/p-3. The summed E-state index contributed by atoms with van der Waals surface area (Å²) in [6.45, 7) is 0. The third-order valence-corrected chi connectivity index (χ3v) is 0. The van der Waals surface area contributed by atoms with Crippen molar-refractivity contribution in [2.24, 2.45) is 0 Å². The van der Waals surface area contributed by atoms with Crippen molar-refractivity contribution in [3.05, 3.63) is 0 Å². The first-order valence-electron chi connectivity index (χ1n) is 0.730. The molecule has 0 atom stereocenters. The second-order valence-electron chi connectivity index (χ2n) is 0.447. The van der Waals surface area contributed by atoms with E-state index in [4.69, 9.17) is 19.2 Å². The summed E-state index contributed by atoms with van der Waals surface area (Å²) in [5, 5.41) is 0. The Morgan fingerprint density at radius 2 is 0.615 bits per heavy atom. The molecule has 0 aromatic heterocycles. The Bertz CT molecular complexity index is 59.1. The van der Waals surface area contributed by atoms with Crippen molar-refractivity contribution < 1.29 is 52.1 Å². The summed E-state index contributed by atoms with van der Waals surface area (Å²) in [4.78, 5) is 25.6. The summed E-state index contributed by atoms with van der Waals surface area (Å²) < 4.78 is 8.55. The van der Waals surface area contributed by atoms with E-state index in [2.05, 4.69) is 0 Å². The molecule has 0 fully saturated rings. The molecular weight excluding hydrogens is 240 g/mol. The van der Waals surface area contributed by atoms with Crippen LogP contribution in [0.15, 0.2) is 0 Å². The van der Waals surface area contributed by atoms with Crippen LogP contribution in [-0.2, 0) is 4.57 Å². The summed E-state index contributed by atoms with van der Waals surface area (Å²) in [5.41, 5.74) is 0. The Balaban J connectivity index is -0.00000000286. The van der Waals surface area contributed by atoms with Crippen LogP contribution in [0.4, 0.5) is 0 Å². The molecule has 0 aromatic carbocycles. The molecule has 0 aliphatic carbocycles. The van der Waals surface area contributed by atoms with Gasteiger partial charge in [0.05, 0.1) is 0 Å². The number of rotatable bonds is 0. The molecule has 12 N–H and O–H groups in total. The van der Waals surface area contributed by atoms with Gasteiger partial charge in [-0.3, -0.25) is 0 Å². The van der Waals surface area contributed by atoms with Gasteiger partial charge in [-0.1, -0.05) is 0 Å². The summed E-state index contributed by atoms with van der Waals surface area (Å²) in [7, 11) is -5.39. The minimum Gasteiger partial charge on any atom is -0.822 e. The number of hydrogen-bond donors (Lipinski definition) is 0. The minimum atomic E-state index is -5.39. The molecule has 0 aliphatic rings. The van der Waals surface area contributed by atoms with Crippen molar-refractivity contribution in [1.29, 1.82) is 0 Å². The van der Waals surface area contributed by atoms with Crippen LogP contribution >= 0.6 is 7.82 Å². The van der Waals surface area contributed by atoms with E-state index >= 15 is 0 Å². The van der Waals surface area contributed by atoms with Crippen LogP contribution in [0.5, 0.6) is 0 Å².